The zero-order chi connectivity index (χ0) is 22.1. The minimum absolute atomic E-state index is 0.0616. The van der Waals surface area contributed by atoms with Gasteiger partial charge in [0.15, 0.2) is 0 Å². The molecule has 1 saturated carbocycles. The van der Waals surface area contributed by atoms with Crippen molar-refractivity contribution in [2.45, 2.75) is 83.6 Å². The Labute approximate surface area is 191 Å². The molecular formula is C25H37N5O2. The van der Waals surface area contributed by atoms with Gasteiger partial charge in [0.2, 0.25) is 11.8 Å². The van der Waals surface area contributed by atoms with E-state index in [1.807, 2.05) is 16.7 Å². The normalized spacial score (nSPS) is 24.9. The van der Waals surface area contributed by atoms with Gasteiger partial charge in [-0.25, -0.2) is 9.97 Å². The second kappa shape index (κ2) is 9.46. The topological polar surface area (TPSA) is 69.6 Å². The summed E-state index contributed by atoms with van der Waals surface area (Å²) in [6.07, 6.45) is 12.2. The third kappa shape index (κ3) is 4.41. The van der Waals surface area contributed by atoms with E-state index in [-0.39, 0.29) is 17.9 Å². The molecule has 0 aromatic carbocycles. The molecular weight excluding hydrogens is 402 g/mol. The number of aromatic nitrogens is 2. The fourth-order valence-electron chi connectivity index (χ4n) is 6.08. The van der Waals surface area contributed by atoms with Gasteiger partial charge < -0.3 is 4.90 Å². The molecule has 0 N–H and O–H groups in total. The number of likely N-dealkylation sites (tertiary alicyclic amines) is 2. The summed E-state index contributed by atoms with van der Waals surface area (Å²) in [5.74, 6) is 2.64. The Balaban J connectivity index is 1.37. The molecule has 7 heteroatoms. The Morgan fingerprint density at radius 1 is 0.938 bits per heavy atom. The molecule has 3 fully saturated rings. The van der Waals surface area contributed by atoms with Crippen LogP contribution in [0.25, 0.3) is 0 Å². The zero-order valence-electron chi connectivity index (χ0n) is 19.5. The predicted molar refractivity (Wildman–Crippen MR) is 123 cm³/mol. The zero-order valence-corrected chi connectivity index (χ0v) is 19.5. The van der Waals surface area contributed by atoms with Crippen LogP contribution in [-0.2, 0) is 16.0 Å². The highest BCUT2D eigenvalue weighted by Crippen LogP contribution is 2.36. The van der Waals surface area contributed by atoms with Crippen LogP contribution in [0.2, 0.25) is 0 Å². The van der Waals surface area contributed by atoms with E-state index in [0.29, 0.717) is 18.9 Å². The van der Waals surface area contributed by atoms with E-state index in [2.05, 4.69) is 4.90 Å². The second-order valence-corrected chi connectivity index (χ2v) is 10.2. The van der Waals surface area contributed by atoms with Gasteiger partial charge in [-0.2, -0.15) is 0 Å². The maximum absolute atomic E-state index is 12.9. The van der Waals surface area contributed by atoms with Crippen molar-refractivity contribution in [3.05, 3.63) is 17.1 Å². The number of rotatable bonds is 5. The number of piperidine rings is 1. The lowest BCUT2D eigenvalue weighted by molar-refractivity contribution is -0.132. The highest BCUT2D eigenvalue weighted by molar-refractivity contribution is 6.00. The number of amides is 2. The molecule has 174 valence electrons. The summed E-state index contributed by atoms with van der Waals surface area (Å²) >= 11 is 0. The molecule has 0 spiro atoms. The number of hydrogen-bond acceptors (Lipinski definition) is 5. The molecule has 2 saturated heterocycles. The van der Waals surface area contributed by atoms with E-state index < -0.39 is 0 Å². The van der Waals surface area contributed by atoms with Crippen LogP contribution < -0.4 is 4.90 Å². The summed E-state index contributed by atoms with van der Waals surface area (Å²) in [5, 5.41) is 0. The summed E-state index contributed by atoms with van der Waals surface area (Å²) in [5.41, 5.74) is 1.94. The lowest BCUT2D eigenvalue weighted by Gasteiger charge is -2.35. The van der Waals surface area contributed by atoms with Crippen molar-refractivity contribution in [3.63, 3.8) is 0 Å². The van der Waals surface area contributed by atoms with Crippen molar-refractivity contribution in [2.24, 2.45) is 5.92 Å². The molecule has 3 aliphatic heterocycles. The quantitative estimate of drug-likeness (QED) is 0.703. The van der Waals surface area contributed by atoms with Crippen molar-refractivity contribution >= 4 is 17.6 Å². The number of nitrogens with zero attached hydrogens (tertiary/aromatic N) is 5. The highest BCUT2D eigenvalue weighted by atomic mass is 16.2. The van der Waals surface area contributed by atoms with Crippen LogP contribution in [0, 0.1) is 12.8 Å². The predicted octanol–water partition coefficient (Wildman–Crippen LogP) is 3.40. The molecule has 1 atom stereocenters. The number of carbonyl (C=O) groups is 2. The van der Waals surface area contributed by atoms with Crippen molar-refractivity contribution in [1.82, 2.24) is 19.8 Å². The first kappa shape index (κ1) is 21.8. The minimum atomic E-state index is 0.0616. The molecule has 0 bridgehead atoms. The molecule has 2 amide bonds. The van der Waals surface area contributed by atoms with Gasteiger partial charge in [0.1, 0.15) is 11.6 Å². The van der Waals surface area contributed by atoms with Crippen LogP contribution in [0.1, 0.15) is 87.3 Å². The molecule has 1 unspecified atom stereocenters. The van der Waals surface area contributed by atoms with Gasteiger partial charge in [-0.15, -0.1) is 0 Å². The summed E-state index contributed by atoms with van der Waals surface area (Å²) in [4.78, 5) is 41.9. The monoisotopic (exact) mass is 439 g/mol. The average molecular weight is 440 g/mol. The van der Waals surface area contributed by atoms with Gasteiger partial charge in [0, 0.05) is 30.9 Å². The Morgan fingerprint density at radius 3 is 2.44 bits per heavy atom. The van der Waals surface area contributed by atoms with Crippen LogP contribution in [0.4, 0.5) is 5.82 Å². The van der Waals surface area contributed by atoms with Gasteiger partial charge in [-0.3, -0.25) is 19.4 Å². The Bertz CT molecular complexity index is 860. The van der Waals surface area contributed by atoms with Crippen LogP contribution in [0.15, 0.2) is 0 Å². The Morgan fingerprint density at radius 2 is 1.66 bits per heavy atom. The molecule has 7 nitrogen and oxygen atoms in total. The maximum atomic E-state index is 12.9. The lowest BCUT2D eigenvalue weighted by atomic mass is 9.89. The van der Waals surface area contributed by atoms with E-state index in [1.165, 1.54) is 32.1 Å². The minimum Gasteiger partial charge on any atom is -0.342 e. The lowest BCUT2D eigenvalue weighted by Crippen LogP contribution is -2.43. The van der Waals surface area contributed by atoms with Gasteiger partial charge in [0.05, 0.1) is 19.0 Å². The van der Waals surface area contributed by atoms with Crippen LogP contribution in [-0.4, -0.2) is 64.3 Å². The molecule has 0 radical (unpaired) electrons. The first-order valence-corrected chi connectivity index (χ1v) is 12.8. The van der Waals surface area contributed by atoms with Crippen LogP contribution >= 0.6 is 0 Å². The molecule has 32 heavy (non-hydrogen) atoms. The molecule has 4 aliphatic rings. The van der Waals surface area contributed by atoms with E-state index in [0.717, 1.165) is 81.2 Å². The maximum Gasteiger partial charge on any atom is 0.236 e. The number of carbonyl (C=O) groups excluding carboxylic acids is 2. The first-order valence-electron chi connectivity index (χ1n) is 12.8. The molecule has 4 heterocycles. The molecule has 1 aromatic rings. The van der Waals surface area contributed by atoms with Gasteiger partial charge in [-0.1, -0.05) is 25.7 Å². The second-order valence-electron chi connectivity index (χ2n) is 10.2. The van der Waals surface area contributed by atoms with Gasteiger partial charge in [0.25, 0.3) is 0 Å². The fraction of sp³-hybridized carbons (Fsp3) is 0.760. The summed E-state index contributed by atoms with van der Waals surface area (Å²) in [6, 6.07) is 0.0616. The number of fused-ring (bicyclic) bond motifs is 1. The van der Waals surface area contributed by atoms with Crippen molar-refractivity contribution in [3.8, 4) is 0 Å². The van der Waals surface area contributed by atoms with Crippen molar-refractivity contribution in [2.75, 3.05) is 37.6 Å². The van der Waals surface area contributed by atoms with E-state index in [1.54, 1.807) is 0 Å². The molecule has 1 aromatic heterocycles. The Kier molecular flexibility index (Phi) is 6.44. The average Bonchev–Trinajstić information content (AvgIpc) is 3.45. The van der Waals surface area contributed by atoms with E-state index in [9.17, 15) is 9.59 Å². The molecule has 1 aliphatic carbocycles. The largest absolute Gasteiger partial charge is 0.342 e. The Hall–Kier alpha value is -2.02. The highest BCUT2D eigenvalue weighted by Gasteiger charge is 2.36. The van der Waals surface area contributed by atoms with Crippen LogP contribution in [0.3, 0.4) is 0 Å². The third-order valence-corrected chi connectivity index (χ3v) is 7.97. The summed E-state index contributed by atoms with van der Waals surface area (Å²) in [7, 11) is 0. The van der Waals surface area contributed by atoms with Crippen molar-refractivity contribution < 1.29 is 9.59 Å². The number of anilines is 1. The number of aryl methyl sites for hydroxylation is 1. The van der Waals surface area contributed by atoms with Crippen molar-refractivity contribution in [1.29, 1.82) is 0 Å². The number of hydrogen-bond donors (Lipinski definition) is 0. The summed E-state index contributed by atoms with van der Waals surface area (Å²) in [6.45, 7) is 5.96. The van der Waals surface area contributed by atoms with Gasteiger partial charge in [-0.05, 0) is 57.9 Å². The van der Waals surface area contributed by atoms with Crippen LogP contribution in [0.5, 0.6) is 0 Å². The standard InChI is InChI=1S/C25H37N5O2/c1-18-20-15-22(31)30(16-19-9-3-2-4-10-19)25(20)27-24(26-18)21-11-5-6-14-29(21)17-23(32)28-12-7-8-13-28/h19,21H,2-17H2,1H3. The molecule has 5 rings (SSSR count). The van der Waals surface area contributed by atoms with Gasteiger partial charge >= 0.3 is 0 Å². The fourth-order valence-corrected chi connectivity index (χ4v) is 6.08. The first-order chi connectivity index (χ1) is 15.6. The van der Waals surface area contributed by atoms with E-state index in [4.69, 9.17) is 9.97 Å². The summed E-state index contributed by atoms with van der Waals surface area (Å²) < 4.78 is 0. The third-order valence-electron chi connectivity index (χ3n) is 7.97. The smallest absolute Gasteiger partial charge is 0.236 e. The SMILES string of the molecule is Cc1nc(C2CCCCN2CC(=O)N2CCCC2)nc2c1CC(=O)N2CC1CCCCC1. The van der Waals surface area contributed by atoms with E-state index >= 15 is 0 Å².